The highest BCUT2D eigenvalue weighted by atomic mass is 16.4. The van der Waals surface area contributed by atoms with Crippen molar-refractivity contribution in [2.45, 2.75) is 263 Å². The van der Waals surface area contributed by atoms with Gasteiger partial charge in [-0.1, -0.05) is 61.8 Å². The van der Waals surface area contributed by atoms with Crippen LogP contribution in [0, 0.1) is 23.7 Å². The molecule has 14 atom stereocenters. The molecule has 0 fully saturated rings. The molecular formula is C69H118N20O25. The summed E-state index contributed by atoms with van der Waals surface area (Å²) in [6.07, 6.45) is -6.82. The van der Waals surface area contributed by atoms with E-state index in [1.54, 1.807) is 41.5 Å². The second kappa shape index (κ2) is 53.5. The second-order valence-electron chi connectivity index (χ2n) is 28.5. The van der Waals surface area contributed by atoms with Gasteiger partial charge in [-0.25, -0.2) is 0 Å². The standard InChI is InChI=1S/C69H118N20O25/c1-10-35(8)55(89-66(111)54(34(6)7)88-62(107)41(17-22-48(73)91)84-60(105)43(20-25-52(97)98)85-63(108)44(28-32(2)3)86-61(106)42(19-24-51(95)96)80-56(101)37(71)16-21-47(72)90)67(112)87-45(29-33(4)5)64(109)82-39(15-13-27-76-69(74)75)59(104)83-40(18-23-50(93)94)57(102)77-31-49(92)79-46(30-53(99)100)65(110)81-38(14-11-12-26-70)58(103)78-36(9)68(113)114/h32-46,54-55H,10-31,70-71H2,1-9H3,(H2,72,90)(H2,73,91)(H,77,102)(H,78,103)(H,79,92)(H,80,101)(H,81,110)(H,82,109)(H,83,104)(H,84,105)(H,85,108)(H,86,106)(H,87,112)(H,88,107)(H,89,111)(H,93,94)(H,95,96)(H,97,98)(H,99,100)(H,113,114)(H4,74,75,76)/t35-,36-,37-,38-,39-,40-,41-,42-,43-,44-,45-,46-,54-,55-/m0/s1. The fourth-order valence-electron chi connectivity index (χ4n) is 10.7. The number of amides is 15. The highest BCUT2D eigenvalue weighted by Crippen LogP contribution is 2.16. The van der Waals surface area contributed by atoms with E-state index in [9.17, 15) is 121 Å². The lowest BCUT2D eigenvalue weighted by Gasteiger charge is -2.31. The number of nitrogens with two attached hydrogens (primary N) is 6. The van der Waals surface area contributed by atoms with Crippen LogP contribution in [0.25, 0.3) is 0 Å². The number of unbranched alkanes of at least 4 members (excludes halogenated alkanes) is 1. The van der Waals surface area contributed by atoms with Crippen LogP contribution < -0.4 is 104 Å². The average molecular weight is 1630 g/mol. The van der Waals surface area contributed by atoms with E-state index in [0.717, 1.165) is 6.92 Å². The van der Waals surface area contributed by atoms with E-state index in [1.807, 2.05) is 0 Å². The monoisotopic (exact) mass is 1630 g/mol. The number of carbonyl (C=O) groups excluding carboxylic acids is 15. The maximum atomic E-state index is 14.6. The van der Waals surface area contributed by atoms with Crippen LogP contribution in [0.2, 0.25) is 0 Å². The second-order valence-corrected chi connectivity index (χ2v) is 28.5. The Morgan fingerprint density at radius 3 is 1.11 bits per heavy atom. The Labute approximate surface area is 658 Å². The van der Waals surface area contributed by atoms with E-state index in [4.69, 9.17) is 34.4 Å². The van der Waals surface area contributed by atoms with Crippen molar-refractivity contribution >= 4 is 124 Å². The minimum absolute atomic E-state index is 0.0517. The molecule has 644 valence electrons. The minimum Gasteiger partial charge on any atom is -0.481 e. The zero-order valence-electron chi connectivity index (χ0n) is 65.7. The normalized spacial score (nSPS) is 14.8. The van der Waals surface area contributed by atoms with Crippen LogP contribution in [0.3, 0.4) is 0 Å². The van der Waals surface area contributed by atoms with Crippen molar-refractivity contribution in [3.8, 4) is 0 Å². The third-order valence-electron chi connectivity index (χ3n) is 17.3. The Bertz CT molecular complexity index is 3370. The van der Waals surface area contributed by atoms with Gasteiger partial charge in [0, 0.05) is 38.6 Å². The van der Waals surface area contributed by atoms with Gasteiger partial charge in [0.25, 0.3) is 0 Å². The number of nitrogens with one attached hydrogen (secondary N) is 13. The molecule has 45 heteroatoms. The van der Waals surface area contributed by atoms with Crippen LogP contribution in [-0.4, -0.2) is 248 Å². The van der Waals surface area contributed by atoms with Crippen molar-refractivity contribution in [2.75, 3.05) is 19.6 Å². The molecule has 0 saturated heterocycles. The summed E-state index contributed by atoms with van der Waals surface area (Å²) in [6, 6.07) is -21.0. The fraction of sp³-hybridized carbons (Fsp3) is 0.696. The first-order chi connectivity index (χ1) is 53.1. The Balaban J connectivity index is 7.21. The highest BCUT2D eigenvalue weighted by molar-refractivity contribution is 6.01. The van der Waals surface area contributed by atoms with Gasteiger partial charge in [0.1, 0.15) is 72.5 Å². The summed E-state index contributed by atoms with van der Waals surface area (Å²) < 4.78 is 0. The molecule has 0 heterocycles. The molecule has 45 nitrogen and oxygen atoms in total. The molecule has 0 rings (SSSR count). The Morgan fingerprint density at radius 2 is 0.711 bits per heavy atom. The average Bonchev–Trinajstić information content (AvgIpc) is 0.843. The molecule has 0 spiro atoms. The van der Waals surface area contributed by atoms with Crippen LogP contribution in [0.15, 0.2) is 4.99 Å². The molecule has 0 aromatic rings. The number of carbonyl (C=O) groups is 20. The molecule has 30 N–H and O–H groups in total. The first-order valence-corrected chi connectivity index (χ1v) is 37.2. The first kappa shape index (κ1) is 103. The van der Waals surface area contributed by atoms with Crippen molar-refractivity contribution in [1.29, 1.82) is 0 Å². The Hall–Kier alpha value is -11.4. The summed E-state index contributed by atoms with van der Waals surface area (Å²) in [5, 5.41) is 78.5. The number of hydrogen-bond acceptors (Lipinski definition) is 23. The lowest BCUT2D eigenvalue weighted by molar-refractivity contribution is -0.143. The zero-order valence-corrected chi connectivity index (χ0v) is 65.7. The van der Waals surface area contributed by atoms with Gasteiger partial charge in [0.15, 0.2) is 5.96 Å². The lowest BCUT2D eigenvalue weighted by Crippen LogP contribution is -2.62. The van der Waals surface area contributed by atoms with Gasteiger partial charge in [-0.05, 0) is 114 Å². The number of guanidine groups is 1. The Kier molecular flexibility index (Phi) is 48.2. The SMILES string of the molecule is CC[C@H](C)[C@H](NC(=O)[C@@H](NC(=O)[C@H](CCC(N)=O)NC(=O)[C@H](CCC(=O)O)NC(=O)[C@H](CC(C)C)NC(=O)[C@H](CCC(=O)O)NC(=O)[C@@H](N)CCC(N)=O)C(C)C)C(=O)N[C@@H](CC(C)C)C(=O)N[C@@H](CCCN=C(N)N)C(=O)N[C@@H](CCC(=O)O)C(=O)NCC(=O)N[C@@H](CC(=O)O)C(=O)N[C@@H](CCCCN)C(=O)N[C@@H](C)C(=O)O. The van der Waals surface area contributed by atoms with Crippen molar-refractivity contribution in [1.82, 2.24) is 69.1 Å². The van der Waals surface area contributed by atoms with Crippen molar-refractivity contribution in [2.24, 2.45) is 63.1 Å². The molecule has 0 aromatic carbocycles. The van der Waals surface area contributed by atoms with Crippen molar-refractivity contribution in [3.05, 3.63) is 0 Å². The summed E-state index contributed by atoms with van der Waals surface area (Å²) in [7, 11) is 0. The quantitative estimate of drug-likeness (QED) is 0.0153. The molecule has 0 aliphatic heterocycles. The molecule has 15 amide bonds. The molecule has 0 aromatic heterocycles. The minimum atomic E-state index is -1.91. The van der Waals surface area contributed by atoms with Gasteiger partial charge < -0.3 is 129 Å². The highest BCUT2D eigenvalue weighted by Gasteiger charge is 2.39. The van der Waals surface area contributed by atoms with Crippen LogP contribution in [0.4, 0.5) is 0 Å². The number of aliphatic carboxylic acids is 5. The fourth-order valence-corrected chi connectivity index (χ4v) is 10.7. The maximum Gasteiger partial charge on any atom is 0.325 e. The number of carboxylic acids is 5. The largest absolute Gasteiger partial charge is 0.481 e. The number of hydrogen-bond donors (Lipinski definition) is 24. The number of aliphatic imine (C=N–C) groups is 1. The molecule has 0 bridgehead atoms. The summed E-state index contributed by atoms with van der Waals surface area (Å²) >= 11 is 0. The molecule has 0 radical (unpaired) electrons. The van der Waals surface area contributed by atoms with Crippen LogP contribution in [0.5, 0.6) is 0 Å². The van der Waals surface area contributed by atoms with E-state index in [1.165, 1.54) is 13.8 Å². The predicted octanol–water partition coefficient (Wildman–Crippen LogP) is -7.07. The zero-order chi connectivity index (χ0) is 87.4. The van der Waals surface area contributed by atoms with E-state index in [-0.39, 0.29) is 76.8 Å². The summed E-state index contributed by atoms with van der Waals surface area (Å²) in [4.78, 5) is 268. The lowest BCUT2D eigenvalue weighted by atomic mass is 9.95. The molecule has 0 aliphatic carbocycles. The van der Waals surface area contributed by atoms with Crippen molar-refractivity contribution < 1.29 is 121 Å². The molecule has 114 heavy (non-hydrogen) atoms. The van der Waals surface area contributed by atoms with Gasteiger partial charge in [0.2, 0.25) is 88.6 Å². The predicted molar refractivity (Wildman–Crippen MR) is 403 cm³/mol. The van der Waals surface area contributed by atoms with Gasteiger partial charge in [-0.3, -0.25) is 101 Å². The van der Waals surface area contributed by atoms with Gasteiger partial charge in [-0.2, -0.15) is 0 Å². The first-order valence-electron chi connectivity index (χ1n) is 37.2. The topological polar surface area (TPSA) is 767 Å². The molecule has 0 unspecified atom stereocenters. The Morgan fingerprint density at radius 1 is 0.360 bits per heavy atom. The van der Waals surface area contributed by atoms with E-state index >= 15 is 0 Å². The van der Waals surface area contributed by atoms with E-state index in [0.29, 0.717) is 6.42 Å². The molecular weight excluding hydrogens is 1510 g/mol. The summed E-state index contributed by atoms with van der Waals surface area (Å²) in [5.74, 6) is -26.1. The van der Waals surface area contributed by atoms with Crippen LogP contribution in [0.1, 0.15) is 184 Å². The van der Waals surface area contributed by atoms with Crippen LogP contribution in [-0.2, 0) is 95.9 Å². The van der Waals surface area contributed by atoms with E-state index < -0.39 is 285 Å². The van der Waals surface area contributed by atoms with Gasteiger partial charge in [0.05, 0.1) is 19.0 Å². The van der Waals surface area contributed by atoms with Crippen LogP contribution >= 0.6 is 0 Å². The van der Waals surface area contributed by atoms with Crippen molar-refractivity contribution in [3.63, 3.8) is 0 Å². The number of nitrogens with zero attached hydrogens (tertiary/aromatic N) is 1. The number of rotatable bonds is 59. The van der Waals surface area contributed by atoms with Gasteiger partial charge >= 0.3 is 29.8 Å². The smallest absolute Gasteiger partial charge is 0.325 e. The third-order valence-corrected chi connectivity index (χ3v) is 17.3. The molecule has 0 aliphatic rings. The number of carboxylic acid groups (broad SMARTS) is 5. The molecule has 0 saturated carbocycles. The summed E-state index contributed by atoms with van der Waals surface area (Å²) in [6.45, 7) is 12.9. The van der Waals surface area contributed by atoms with E-state index in [2.05, 4.69) is 74.1 Å². The summed E-state index contributed by atoms with van der Waals surface area (Å²) in [5.41, 5.74) is 33.1. The third kappa shape index (κ3) is 42.8. The number of primary amides is 2. The van der Waals surface area contributed by atoms with Gasteiger partial charge in [-0.15, -0.1) is 0 Å². The maximum absolute atomic E-state index is 14.6.